The Morgan fingerprint density at radius 1 is 1.17 bits per heavy atom. The van der Waals surface area contributed by atoms with Gasteiger partial charge in [0.25, 0.3) is 0 Å². The minimum absolute atomic E-state index is 0.0367. The number of carbonyl (C=O) groups is 1. The van der Waals surface area contributed by atoms with Crippen LogP contribution in [0.1, 0.15) is 64.7 Å². The summed E-state index contributed by atoms with van der Waals surface area (Å²) in [6, 6.07) is 0. The molecule has 3 heterocycles. The Labute approximate surface area is 220 Å². The molecule has 6 nitrogen and oxygen atoms in total. The van der Waals surface area contributed by atoms with E-state index in [1.807, 2.05) is 23.5 Å². The van der Waals surface area contributed by atoms with Crippen LogP contribution in [-0.4, -0.2) is 76.4 Å². The van der Waals surface area contributed by atoms with Crippen LogP contribution in [-0.2, 0) is 9.53 Å². The third-order valence-corrected chi connectivity index (χ3v) is 13.7. The van der Waals surface area contributed by atoms with Gasteiger partial charge in [0.2, 0.25) is 5.91 Å². The molecule has 198 valence electrons. The zero-order valence-corrected chi connectivity index (χ0v) is 23.2. The lowest BCUT2D eigenvalue weighted by atomic mass is 9.55. The Hall–Kier alpha value is 0.0749. The van der Waals surface area contributed by atoms with Crippen LogP contribution in [0.15, 0.2) is 0 Å². The van der Waals surface area contributed by atoms with Crippen molar-refractivity contribution in [1.29, 1.82) is 0 Å². The average molecular weight is 525 g/mol. The number of carbonyl (C=O) groups excluding carboxylic acids is 1. The molecule has 0 bridgehead atoms. The predicted octanol–water partition coefficient (Wildman–Crippen LogP) is 3.46. The van der Waals surface area contributed by atoms with Gasteiger partial charge in [-0.2, -0.15) is 11.8 Å². The van der Waals surface area contributed by atoms with Crippen LogP contribution in [0.5, 0.6) is 0 Å². The molecular formula is C26H45BN2O4S2. The first-order valence-corrected chi connectivity index (χ1v) is 16.2. The van der Waals surface area contributed by atoms with Crippen molar-refractivity contribution in [3.8, 4) is 0 Å². The summed E-state index contributed by atoms with van der Waals surface area (Å²) < 4.78 is 6.72. The maximum absolute atomic E-state index is 13.7. The molecule has 35 heavy (non-hydrogen) atoms. The highest BCUT2D eigenvalue weighted by Gasteiger charge is 2.54. The first kappa shape index (κ1) is 26.7. The summed E-state index contributed by atoms with van der Waals surface area (Å²) in [5.74, 6) is 2.79. The van der Waals surface area contributed by atoms with Gasteiger partial charge in [-0.15, -0.1) is 11.8 Å². The van der Waals surface area contributed by atoms with Crippen LogP contribution < -0.4 is 5.73 Å². The van der Waals surface area contributed by atoms with Gasteiger partial charge in [0.05, 0.1) is 22.5 Å². The molecule has 5 fully saturated rings. The second-order valence-corrected chi connectivity index (χ2v) is 14.8. The van der Waals surface area contributed by atoms with Crippen molar-refractivity contribution in [3.63, 3.8) is 0 Å². The second-order valence-electron chi connectivity index (χ2n) is 12.2. The van der Waals surface area contributed by atoms with Gasteiger partial charge in [-0.25, -0.2) is 0 Å². The summed E-state index contributed by atoms with van der Waals surface area (Å²) in [7, 11) is -1.23. The largest absolute Gasteiger partial charge is 0.455 e. The lowest BCUT2D eigenvalue weighted by Gasteiger charge is -2.45. The minimum atomic E-state index is -1.23. The summed E-state index contributed by atoms with van der Waals surface area (Å²) in [5.41, 5.74) is 6.28. The molecule has 5 aliphatic rings. The van der Waals surface area contributed by atoms with Crippen LogP contribution in [0.3, 0.4) is 0 Å². The molecule has 4 N–H and O–H groups in total. The standard InChI is InChI=1S/C26H45BN2O4S2/c1-16-18(4-3-5-21(16)27(31)32)19-13-23(35-25(19)34-2)24(30)29-10-8-26(9-11-29)15-33-22-7-6-17(14-28)12-20(22)26/h16-23,25,31-32H,3-15,28H2,1-2H3. The molecule has 9 unspecified atom stereocenters. The van der Waals surface area contributed by atoms with Gasteiger partial charge in [0.1, 0.15) is 0 Å². The lowest BCUT2D eigenvalue weighted by molar-refractivity contribution is -0.133. The first-order valence-electron chi connectivity index (χ1n) is 14.0. The Bertz CT molecular complexity index is 753. The number of thioether (sulfide) groups is 2. The van der Waals surface area contributed by atoms with Crippen molar-refractivity contribution in [1.82, 2.24) is 4.90 Å². The topological polar surface area (TPSA) is 96.0 Å². The smallest absolute Gasteiger partial charge is 0.427 e. The lowest BCUT2D eigenvalue weighted by Crippen LogP contribution is -2.49. The number of nitrogens with two attached hydrogens (primary N) is 1. The third-order valence-electron chi connectivity index (χ3n) is 10.7. The van der Waals surface area contributed by atoms with Crippen LogP contribution in [0.25, 0.3) is 0 Å². The van der Waals surface area contributed by atoms with Gasteiger partial charge in [0.15, 0.2) is 0 Å². The Balaban J connectivity index is 1.20. The molecule has 1 amide bonds. The molecule has 0 aromatic rings. The number of hydrogen-bond acceptors (Lipinski definition) is 7. The summed E-state index contributed by atoms with van der Waals surface area (Å²) in [6.07, 6.45) is 12.3. The summed E-state index contributed by atoms with van der Waals surface area (Å²) in [6.45, 7) is 5.59. The molecule has 5 rings (SSSR count). The van der Waals surface area contributed by atoms with E-state index < -0.39 is 7.12 Å². The third kappa shape index (κ3) is 5.08. The van der Waals surface area contributed by atoms with Gasteiger partial charge in [-0.3, -0.25) is 4.79 Å². The molecule has 0 aromatic heterocycles. The van der Waals surface area contributed by atoms with Gasteiger partial charge in [-0.05, 0) is 93.2 Å². The van der Waals surface area contributed by atoms with Crippen LogP contribution >= 0.6 is 23.5 Å². The molecule has 9 atom stereocenters. The number of fused-ring (bicyclic) bond motifs is 2. The molecule has 0 aromatic carbocycles. The highest BCUT2D eigenvalue weighted by Crippen LogP contribution is 2.55. The SMILES string of the molecule is CSC1SC(C(=O)N2CCC3(CC2)COC2CCC(CN)CC23)CC1C1CCCC(B(O)O)C1C. The number of piperidine rings is 1. The van der Waals surface area contributed by atoms with Gasteiger partial charge in [-0.1, -0.05) is 19.8 Å². The Kier molecular flexibility index (Phi) is 8.42. The van der Waals surface area contributed by atoms with Gasteiger partial charge >= 0.3 is 7.12 Å². The van der Waals surface area contributed by atoms with E-state index in [2.05, 4.69) is 18.1 Å². The fourth-order valence-corrected chi connectivity index (χ4v) is 11.4. The molecule has 9 heteroatoms. The Morgan fingerprint density at radius 2 is 1.94 bits per heavy atom. The molecular weight excluding hydrogens is 479 g/mol. The number of hydrogen-bond donors (Lipinski definition) is 3. The average Bonchev–Trinajstić information content (AvgIpc) is 3.46. The maximum Gasteiger partial charge on any atom is 0.455 e. The van der Waals surface area contributed by atoms with E-state index >= 15 is 0 Å². The number of nitrogens with zero attached hydrogens (tertiary/aromatic N) is 1. The monoisotopic (exact) mass is 524 g/mol. The van der Waals surface area contributed by atoms with Gasteiger partial charge in [0, 0.05) is 18.5 Å². The number of rotatable bonds is 5. The maximum atomic E-state index is 13.7. The summed E-state index contributed by atoms with van der Waals surface area (Å²) >= 11 is 3.76. The van der Waals surface area contributed by atoms with Crippen molar-refractivity contribution in [2.24, 2.45) is 40.7 Å². The van der Waals surface area contributed by atoms with E-state index in [0.717, 1.165) is 71.2 Å². The molecule has 0 radical (unpaired) electrons. The molecule has 2 aliphatic carbocycles. The number of likely N-dealkylation sites (tertiary alicyclic amines) is 1. The molecule has 3 saturated heterocycles. The summed E-state index contributed by atoms with van der Waals surface area (Å²) in [5, 5.41) is 19.8. The van der Waals surface area contributed by atoms with Gasteiger partial charge < -0.3 is 25.4 Å². The van der Waals surface area contributed by atoms with E-state index in [4.69, 9.17) is 10.5 Å². The molecule has 3 aliphatic heterocycles. The van der Waals surface area contributed by atoms with Crippen LogP contribution in [0.4, 0.5) is 0 Å². The second kappa shape index (κ2) is 11.1. The van der Waals surface area contributed by atoms with E-state index in [-0.39, 0.29) is 22.4 Å². The van der Waals surface area contributed by atoms with E-state index in [1.54, 1.807) is 0 Å². The van der Waals surface area contributed by atoms with E-state index in [1.165, 1.54) is 12.8 Å². The zero-order valence-electron chi connectivity index (χ0n) is 21.5. The normalized spacial score (nSPS) is 43.3. The van der Waals surface area contributed by atoms with Crippen molar-refractivity contribution >= 4 is 36.5 Å². The molecule has 1 spiro atoms. The van der Waals surface area contributed by atoms with Crippen LogP contribution in [0, 0.1) is 35.0 Å². The first-order chi connectivity index (χ1) is 16.9. The van der Waals surface area contributed by atoms with Crippen molar-refractivity contribution in [3.05, 3.63) is 0 Å². The van der Waals surface area contributed by atoms with Crippen molar-refractivity contribution in [2.45, 2.75) is 86.5 Å². The van der Waals surface area contributed by atoms with Crippen molar-refractivity contribution < 1.29 is 19.6 Å². The van der Waals surface area contributed by atoms with Crippen molar-refractivity contribution in [2.75, 3.05) is 32.5 Å². The number of amides is 1. The van der Waals surface area contributed by atoms with E-state index in [9.17, 15) is 14.8 Å². The highest BCUT2D eigenvalue weighted by molar-refractivity contribution is 8.17. The highest BCUT2D eigenvalue weighted by atomic mass is 32.2. The molecule has 2 saturated carbocycles. The quantitative estimate of drug-likeness (QED) is 0.474. The van der Waals surface area contributed by atoms with E-state index in [0.29, 0.717) is 40.3 Å². The van der Waals surface area contributed by atoms with Crippen LogP contribution in [0.2, 0.25) is 5.82 Å². The minimum Gasteiger partial charge on any atom is -0.427 e. The fraction of sp³-hybridized carbons (Fsp3) is 0.962. The zero-order chi connectivity index (χ0) is 24.7. The number of ether oxygens (including phenoxy) is 1. The summed E-state index contributed by atoms with van der Waals surface area (Å²) in [4.78, 5) is 15.9. The Morgan fingerprint density at radius 3 is 2.63 bits per heavy atom. The fourth-order valence-electron chi connectivity index (χ4n) is 8.46. The predicted molar refractivity (Wildman–Crippen MR) is 145 cm³/mol.